The molecule has 0 aliphatic rings. The Bertz CT molecular complexity index is 335. The van der Waals surface area contributed by atoms with Crippen LogP contribution in [0, 0.1) is 5.92 Å². The van der Waals surface area contributed by atoms with Gasteiger partial charge in [0, 0.05) is 10.6 Å². The van der Waals surface area contributed by atoms with Gasteiger partial charge in [0.15, 0.2) is 0 Å². The summed E-state index contributed by atoms with van der Waals surface area (Å²) in [6.07, 6.45) is 0. The molecule has 1 rings (SSSR count). The Hall–Kier alpha value is -1.16. The molecule has 3 nitrogen and oxygen atoms in total. The van der Waals surface area contributed by atoms with Gasteiger partial charge in [0.25, 0.3) is 0 Å². The highest BCUT2D eigenvalue weighted by Gasteiger charge is 2.22. The van der Waals surface area contributed by atoms with E-state index in [1.165, 1.54) is 11.8 Å². The maximum absolute atomic E-state index is 11.0. The zero-order valence-corrected chi connectivity index (χ0v) is 9.62. The average Bonchev–Trinajstić information content (AvgIpc) is 2.15. The van der Waals surface area contributed by atoms with Crippen molar-refractivity contribution in [1.82, 2.24) is 0 Å². The smallest absolute Gasteiger partial charge is 0.317 e. The van der Waals surface area contributed by atoms with Crippen LogP contribution in [0.1, 0.15) is 13.8 Å². The van der Waals surface area contributed by atoms with Crippen molar-refractivity contribution in [2.75, 3.05) is 5.73 Å². The maximum atomic E-state index is 11.0. The molecular formula is C11H15NO2S. The molecule has 0 bridgehead atoms. The van der Waals surface area contributed by atoms with Crippen molar-refractivity contribution in [1.29, 1.82) is 0 Å². The lowest BCUT2D eigenvalue weighted by atomic mass is 10.1. The topological polar surface area (TPSA) is 63.3 Å². The van der Waals surface area contributed by atoms with Crippen LogP contribution in [0.15, 0.2) is 29.2 Å². The van der Waals surface area contributed by atoms with E-state index in [1.807, 2.05) is 26.0 Å². The van der Waals surface area contributed by atoms with Gasteiger partial charge in [-0.2, -0.15) is 0 Å². The second-order valence-electron chi connectivity index (χ2n) is 3.69. The largest absolute Gasteiger partial charge is 0.480 e. The van der Waals surface area contributed by atoms with Crippen molar-refractivity contribution in [3.05, 3.63) is 24.3 Å². The number of carboxylic acids is 1. The summed E-state index contributed by atoms with van der Waals surface area (Å²) in [7, 11) is 0. The third kappa shape index (κ3) is 3.47. The molecule has 1 aromatic rings. The number of aliphatic carboxylic acids is 1. The van der Waals surface area contributed by atoms with Crippen LogP contribution >= 0.6 is 11.8 Å². The summed E-state index contributed by atoms with van der Waals surface area (Å²) in [6.45, 7) is 3.81. The first-order valence-electron chi connectivity index (χ1n) is 4.75. The average molecular weight is 225 g/mol. The minimum atomic E-state index is -0.771. The molecule has 0 fully saturated rings. The highest BCUT2D eigenvalue weighted by molar-refractivity contribution is 8.00. The Morgan fingerprint density at radius 2 is 1.87 bits per heavy atom. The Labute approximate surface area is 93.7 Å². The minimum absolute atomic E-state index is 0.102. The summed E-state index contributed by atoms with van der Waals surface area (Å²) in [5.41, 5.74) is 6.24. The van der Waals surface area contributed by atoms with Gasteiger partial charge in [0.2, 0.25) is 0 Å². The van der Waals surface area contributed by atoms with E-state index in [9.17, 15) is 4.79 Å². The lowest BCUT2D eigenvalue weighted by molar-refractivity contribution is -0.137. The summed E-state index contributed by atoms with van der Waals surface area (Å²) in [5.74, 6) is -0.670. The number of hydrogen-bond donors (Lipinski definition) is 2. The lowest BCUT2D eigenvalue weighted by Gasteiger charge is -2.15. The van der Waals surface area contributed by atoms with Gasteiger partial charge in [-0.05, 0) is 30.2 Å². The summed E-state index contributed by atoms with van der Waals surface area (Å²) in [6, 6.07) is 7.25. The molecule has 4 heteroatoms. The number of nitrogens with two attached hydrogens (primary N) is 1. The summed E-state index contributed by atoms with van der Waals surface area (Å²) in [4.78, 5) is 11.9. The van der Waals surface area contributed by atoms with Crippen LogP contribution in [0.25, 0.3) is 0 Å². The minimum Gasteiger partial charge on any atom is -0.480 e. The molecule has 3 N–H and O–H groups in total. The molecule has 0 saturated carbocycles. The lowest BCUT2D eigenvalue weighted by Crippen LogP contribution is -2.22. The number of nitrogen functional groups attached to an aromatic ring is 1. The molecule has 1 atom stereocenters. The highest BCUT2D eigenvalue weighted by atomic mass is 32.2. The van der Waals surface area contributed by atoms with E-state index in [-0.39, 0.29) is 5.92 Å². The van der Waals surface area contributed by atoms with Gasteiger partial charge in [-0.3, -0.25) is 4.79 Å². The van der Waals surface area contributed by atoms with E-state index in [0.717, 1.165) is 4.90 Å². The Balaban J connectivity index is 2.74. The molecule has 82 valence electrons. The van der Waals surface area contributed by atoms with E-state index in [2.05, 4.69) is 0 Å². The Morgan fingerprint density at radius 1 is 1.33 bits per heavy atom. The van der Waals surface area contributed by atoms with Crippen LogP contribution in [0.5, 0.6) is 0 Å². The Kier molecular flexibility index (Phi) is 4.03. The predicted molar refractivity (Wildman–Crippen MR) is 63.0 cm³/mol. The molecular weight excluding hydrogens is 210 g/mol. The van der Waals surface area contributed by atoms with Crippen LogP contribution < -0.4 is 5.73 Å². The van der Waals surface area contributed by atoms with E-state index in [4.69, 9.17) is 10.8 Å². The summed E-state index contributed by atoms with van der Waals surface area (Å²) >= 11 is 1.36. The number of anilines is 1. The van der Waals surface area contributed by atoms with Gasteiger partial charge < -0.3 is 10.8 Å². The van der Waals surface area contributed by atoms with Crippen molar-refractivity contribution in [3.63, 3.8) is 0 Å². The highest BCUT2D eigenvalue weighted by Crippen LogP contribution is 2.28. The summed E-state index contributed by atoms with van der Waals surface area (Å²) < 4.78 is 0. The van der Waals surface area contributed by atoms with Gasteiger partial charge in [0.1, 0.15) is 5.25 Å². The number of carbonyl (C=O) groups is 1. The number of rotatable bonds is 4. The molecule has 15 heavy (non-hydrogen) atoms. The van der Waals surface area contributed by atoms with Gasteiger partial charge in [-0.1, -0.05) is 13.8 Å². The van der Waals surface area contributed by atoms with E-state index in [1.54, 1.807) is 12.1 Å². The van der Waals surface area contributed by atoms with Crippen molar-refractivity contribution in [2.45, 2.75) is 24.0 Å². The summed E-state index contributed by atoms with van der Waals surface area (Å²) in [5, 5.41) is 8.61. The van der Waals surface area contributed by atoms with Crippen LogP contribution in [0.2, 0.25) is 0 Å². The number of benzene rings is 1. The fourth-order valence-electron chi connectivity index (χ4n) is 1.16. The fraction of sp³-hybridized carbons (Fsp3) is 0.364. The first-order valence-corrected chi connectivity index (χ1v) is 5.63. The maximum Gasteiger partial charge on any atom is 0.317 e. The van der Waals surface area contributed by atoms with Gasteiger partial charge in [0.05, 0.1) is 0 Å². The molecule has 0 aromatic heterocycles. The predicted octanol–water partition coefficient (Wildman–Crippen LogP) is 2.47. The van der Waals surface area contributed by atoms with Crippen molar-refractivity contribution in [3.8, 4) is 0 Å². The second kappa shape index (κ2) is 5.07. The van der Waals surface area contributed by atoms with Crippen LogP contribution in [-0.2, 0) is 4.79 Å². The molecule has 0 aliphatic carbocycles. The van der Waals surface area contributed by atoms with Crippen molar-refractivity contribution < 1.29 is 9.90 Å². The SMILES string of the molecule is CC(C)C(Sc1ccc(N)cc1)C(=O)O. The first-order chi connectivity index (χ1) is 7.00. The van der Waals surface area contributed by atoms with Crippen LogP contribution in [-0.4, -0.2) is 16.3 Å². The quantitative estimate of drug-likeness (QED) is 0.610. The van der Waals surface area contributed by atoms with E-state index >= 15 is 0 Å². The monoisotopic (exact) mass is 225 g/mol. The number of carboxylic acid groups (broad SMARTS) is 1. The van der Waals surface area contributed by atoms with E-state index < -0.39 is 11.2 Å². The third-order valence-electron chi connectivity index (χ3n) is 1.99. The normalized spacial score (nSPS) is 12.7. The molecule has 0 saturated heterocycles. The van der Waals surface area contributed by atoms with Gasteiger partial charge in [-0.25, -0.2) is 0 Å². The molecule has 0 spiro atoms. The second-order valence-corrected chi connectivity index (χ2v) is 4.90. The zero-order valence-electron chi connectivity index (χ0n) is 8.81. The number of thioether (sulfide) groups is 1. The van der Waals surface area contributed by atoms with Crippen molar-refractivity contribution in [2.24, 2.45) is 5.92 Å². The standard InChI is InChI=1S/C11H15NO2S/c1-7(2)10(11(13)14)15-9-5-3-8(12)4-6-9/h3-7,10H,12H2,1-2H3,(H,13,14). The van der Waals surface area contributed by atoms with E-state index in [0.29, 0.717) is 5.69 Å². The van der Waals surface area contributed by atoms with Gasteiger partial charge in [-0.15, -0.1) is 11.8 Å². The Morgan fingerprint density at radius 3 is 2.27 bits per heavy atom. The van der Waals surface area contributed by atoms with Crippen molar-refractivity contribution >= 4 is 23.4 Å². The zero-order chi connectivity index (χ0) is 11.4. The molecule has 0 radical (unpaired) electrons. The molecule has 0 heterocycles. The number of hydrogen-bond acceptors (Lipinski definition) is 3. The van der Waals surface area contributed by atoms with Gasteiger partial charge >= 0.3 is 5.97 Å². The van der Waals surface area contributed by atoms with Crippen LogP contribution in [0.3, 0.4) is 0 Å². The molecule has 1 unspecified atom stereocenters. The molecule has 0 aliphatic heterocycles. The van der Waals surface area contributed by atoms with Crippen LogP contribution in [0.4, 0.5) is 5.69 Å². The first kappa shape index (κ1) is 11.9. The fourth-order valence-corrected chi connectivity index (χ4v) is 2.12. The third-order valence-corrected chi connectivity index (χ3v) is 3.54. The molecule has 0 amide bonds. The molecule has 1 aromatic carbocycles.